The summed E-state index contributed by atoms with van der Waals surface area (Å²) in [6.07, 6.45) is 4.43. The van der Waals surface area contributed by atoms with Crippen molar-refractivity contribution < 1.29 is 14.7 Å². The average Bonchev–Trinajstić information content (AvgIpc) is 2.04. The summed E-state index contributed by atoms with van der Waals surface area (Å²) in [5.74, 6) is -0.865. The lowest BCUT2D eigenvalue weighted by molar-refractivity contribution is -0.132. The van der Waals surface area contributed by atoms with E-state index in [1.807, 2.05) is 22.6 Å². The van der Waals surface area contributed by atoms with E-state index in [-0.39, 0.29) is 0 Å². The molecule has 0 heterocycles. The molecule has 0 aromatic rings. The Labute approximate surface area is 85.0 Å². The first-order chi connectivity index (χ1) is 5.72. The van der Waals surface area contributed by atoms with Crippen molar-refractivity contribution in [2.75, 3.05) is 4.43 Å². The summed E-state index contributed by atoms with van der Waals surface area (Å²) < 4.78 is 0.508. The molecule has 12 heavy (non-hydrogen) atoms. The van der Waals surface area contributed by atoms with Crippen molar-refractivity contribution in [1.82, 2.24) is 0 Å². The number of halogens is 1. The maximum atomic E-state index is 10.5. The van der Waals surface area contributed by atoms with Crippen molar-refractivity contribution in [1.29, 1.82) is 0 Å². The van der Waals surface area contributed by atoms with Crippen LogP contribution >= 0.6 is 22.6 Å². The van der Waals surface area contributed by atoms with Gasteiger partial charge in [-0.3, -0.25) is 0 Å². The summed E-state index contributed by atoms with van der Waals surface area (Å²) in [6, 6.07) is 0. The number of aldehydes is 1. The van der Waals surface area contributed by atoms with Gasteiger partial charge in [-0.15, -0.1) is 0 Å². The molecule has 0 atom stereocenters. The van der Waals surface area contributed by atoms with Crippen LogP contribution in [0.5, 0.6) is 0 Å². The summed E-state index contributed by atoms with van der Waals surface area (Å²) >= 11 is 2.01. The average molecular weight is 282 g/mol. The van der Waals surface area contributed by atoms with Crippen LogP contribution in [0.4, 0.5) is 0 Å². The van der Waals surface area contributed by atoms with Gasteiger partial charge in [-0.2, -0.15) is 0 Å². The largest absolute Gasteiger partial charge is 0.478 e. The molecule has 0 saturated carbocycles. The van der Waals surface area contributed by atoms with Crippen LogP contribution in [0.25, 0.3) is 0 Å². The van der Waals surface area contributed by atoms with Gasteiger partial charge in [0.1, 0.15) is 6.29 Å². The predicted molar refractivity (Wildman–Crippen MR) is 54.5 cm³/mol. The molecule has 0 saturated heterocycles. The first-order valence-corrected chi connectivity index (χ1v) is 5.17. The number of allylic oxidation sites excluding steroid dienone is 1. The first kappa shape index (κ1) is 11.6. The van der Waals surface area contributed by atoms with E-state index in [0.29, 0.717) is 22.8 Å². The van der Waals surface area contributed by atoms with Crippen LogP contribution in [0.3, 0.4) is 0 Å². The molecule has 0 rings (SSSR count). The molecule has 0 unspecified atom stereocenters. The SMILES string of the molecule is O=CCCCC=C(CI)C(=O)O. The van der Waals surface area contributed by atoms with E-state index in [1.54, 1.807) is 6.08 Å². The van der Waals surface area contributed by atoms with Gasteiger partial charge in [0.15, 0.2) is 0 Å². The lowest BCUT2D eigenvalue weighted by Gasteiger charge is -1.95. The standard InChI is InChI=1S/C8H11IO3/c9-6-7(8(11)12)4-2-1-3-5-10/h4-5H,1-3,6H2,(H,11,12). The van der Waals surface area contributed by atoms with Crippen molar-refractivity contribution in [3.63, 3.8) is 0 Å². The molecule has 4 heteroatoms. The minimum absolute atomic E-state index is 0.418. The van der Waals surface area contributed by atoms with Crippen molar-refractivity contribution in [2.24, 2.45) is 0 Å². The molecule has 0 amide bonds. The number of hydrogen-bond donors (Lipinski definition) is 1. The zero-order chi connectivity index (χ0) is 9.40. The monoisotopic (exact) mass is 282 g/mol. The maximum Gasteiger partial charge on any atom is 0.332 e. The quantitative estimate of drug-likeness (QED) is 0.266. The number of unbranched alkanes of at least 4 members (excludes halogenated alkanes) is 2. The van der Waals surface area contributed by atoms with Gasteiger partial charge in [-0.25, -0.2) is 4.79 Å². The van der Waals surface area contributed by atoms with E-state index in [4.69, 9.17) is 5.11 Å². The third kappa shape index (κ3) is 5.29. The number of carbonyl (C=O) groups excluding carboxylic acids is 1. The second kappa shape index (κ2) is 7.27. The number of aliphatic carboxylic acids is 1. The number of hydrogen-bond acceptors (Lipinski definition) is 2. The summed E-state index contributed by atoms with van der Waals surface area (Å²) in [5, 5.41) is 8.59. The molecule has 0 aromatic heterocycles. The Balaban J connectivity index is 3.78. The zero-order valence-electron chi connectivity index (χ0n) is 6.62. The van der Waals surface area contributed by atoms with Crippen LogP contribution in [-0.4, -0.2) is 21.8 Å². The van der Waals surface area contributed by atoms with Gasteiger partial charge >= 0.3 is 5.97 Å². The third-order valence-corrected chi connectivity index (χ3v) is 2.16. The summed E-state index contributed by atoms with van der Waals surface area (Å²) in [4.78, 5) is 20.4. The van der Waals surface area contributed by atoms with Gasteiger partial charge in [0.05, 0.1) is 0 Å². The number of alkyl halides is 1. The number of carbonyl (C=O) groups is 2. The Morgan fingerprint density at radius 1 is 1.42 bits per heavy atom. The van der Waals surface area contributed by atoms with Crippen LogP contribution in [0.2, 0.25) is 0 Å². The number of carboxylic acid groups (broad SMARTS) is 1. The Morgan fingerprint density at radius 2 is 2.08 bits per heavy atom. The van der Waals surface area contributed by atoms with Gasteiger partial charge < -0.3 is 9.90 Å². The van der Waals surface area contributed by atoms with E-state index in [0.717, 1.165) is 12.7 Å². The first-order valence-electron chi connectivity index (χ1n) is 3.64. The van der Waals surface area contributed by atoms with Crippen molar-refractivity contribution in [2.45, 2.75) is 19.3 Å². The van der Waals surface area contributed by atoms with Crippen LogP contribution < -0.4 is 0 Å². The Kier molecular flexibility index (Phi) is 7.03. The second-order valence-corrected chi connectivity index (χ2v) is 3.03. The molecule has 68 valence electrons. The van der Waals surface area contributed by atoms with Gasteiger partial charge in [-0.1, -0.05) is 28.7 Å². The van der Waals surface area contributed by atoms with E-state index in [2.05, 4.69) is 0 Å². The third-order valence-electron chi connectivity index (χ3n) is 1.34. The lowest BCUT2D eigenvalue weighted by atomic mass is 10.2. The highest BCUT2D eigenvalue weighted by molar-refractivity contribution is 14.1. The molecule has 1 N–H and O–H groups in total. The minimum Gasteiger partial charge on any atom is -0.478 e. The van der Waals surface area contributed by atoms with E-state index >= 15 is 0 Å². The number of rotatable bonds is 6. The number of carboxylic acids is 1. The highest BCUT2D eigenvalue weighted by Gasteiger charge is 2.02. The van der Waals surface area contributed by atoms with Crippen LogP contribution in [0.1, 0.15) is 19.3 Å². The Hall–Kier alpha value is -0.390. The highest BCUT2D eigenvalue weighted by Crippen LogP contribution is 2.04. The molecule has 0 aromatic carbocycles. The molecular formula is C8H11IO3. The molecule has 0 aliphatic carbocycles. The smallest absolute Gasteiger partial charge is 0.332 e. The molecule has 0 aliphatic heterocycles. The summed E-state index contributed by atoms with van der Waals surface area (Å²) in [5.41, 5.74) is 0.418. The fourth-order valence-corrected chi connectivity index (χ4v) is 1.31. The Bertz CT molecular complexity index is 187. The fraction of sp³-hybridized carbons (Fsp3) is 0.500. The highest BCUT2D eigenvalue weighted by atomic mass is 127. The molecule has 0 bridgehead atoms. The van der Waals surface area contributed by atoms with Crippen LogP contribution in [-0.2, 0) is 9.59 Å². The summed E-state index contributed by atoms with van der Waals surface area (Å²) in [7, 11) is 0. The fourth-order valence-electron chi connectivity index (χ4n) is 0.677. The van der Waals surface area contributed by atoms with Crippen molar-refractivity contribution in [3.05, 3.63) is 11.6 Å². The normalized spacial score (nSPS) is 11.2. The maximum absolute atomic E-state index is 10.5. The molecule has 3 nitrogen and oxygen atoms in total. The van der Waals surface area contributed by atoms with Crippen molar-refractivity contribution in [3.8, 4) is 0 Å². The van der Waals surface area contributed by atoms with E-state index in [1.165, 1.54) is 0 Å². The zero-order valence-corrected chi connectivity index (χ0v) is 8.78. The molecule has 0 aliphatic rings. The predicted octanol–water partition coefficient (Wildman–Crippen LogP) is 1.80. The molecule has 0 spiro atoms. The van der Waals surface area contributed by atoms with Gasteiger partial charge in [-0.05, 0) is 12.8 Å². The second-order valence-electron chi connectivity index (χ2n) is 2.27. The summed E-state index contributed by atoms with van der Waals surface area (Å²) in [6.45, 7) is 0. The lowest BCUT2D eigenvalue weighted by Crippen LogP contribution is -2.01. The van der Waals surface area contributed by atoms with Crippen LogP contribution in [0.15, 0.2) is 11.6 Å². The van der Waals surface area contributed by atoms with Crippen molar-refractivity contribution >= 4 is 34.8 Å². The van der Waals surface area contributed by atoms with Crippen LogP contribution in [0, 0.1) is 0 Å². The van der Waals surface area contributed by atoms with E-state index in [9.17, 15) is 9.59 Å². The molecule has 0 radical (unpaired) electrons. The molecular weight excluding hydrogens is 271 g/mol. The minimum atomic E-state index is -0.865. The van der Waals surface area contributed by atoms with Gasteiger partial charge in [0, 0.05) is 16.4 Å². The van der Waals surface area contributed by atoms with E-state index < -0.39 is 5.97 Å². The van der Waals surface area contributed by atoms with Gasteiger partial charge in [0.2, 0.25) is 0 Å². The molecule has 0 fully saturated rings. The van der Waals surface area contributed by atoms with Gasteiger partial charge in [0.25, 0.3) is 0 Å². The Morgan fingerprint density at radius 3 is 2.50 bits per heavy atom. The topological polar surface area (TPSA) is 54.4 Å².